The van der Waals surface area contributed by atoms with Crippen LogP contribution in [-0.2, 0) is 4.74 Å². The van der Waals surface area contributed by atoms with Crippen LogP contribution in [0.2, 0.25) is 0 Å². The molecule has 1 unspecified atom stereocenters. The van der Waals surface area contributed by atoms with Gasteiger partial charge in [-0.05, 0) is 33.9 Å². The van der Waals surface area contributed by atoms with Crippen LogP contribution in [-0.4, -0.2) is 67.1 Å². The van der Waals surface area contributed by atoms with E-state index in [0.29, 0.717) is 18.8 Å². The van der Waals surface area contributed by atoms with Crippen molar-refractivity contribution in [1.29, 1.82) is 0 Å². The normalized spacial score (nSPS) is 18.7. The molecule has 2 heterocycles. The van der Waals surface area contributed by atoms with Crippen molar-refractivity contribution in [2.24, 2.45) is 0 Å². The number of hydrogen-bond acceptors (Lipinski definition) is 5. The van der Waals surface area contributed by atoms with Gasteiger partial charge in [0.25, 0.3) is 5.91 Å². The van der Waals surface area contributed by atoms with Crippen LogP contribution in [0.1, 0.15) is 28.3 Å². The molecule has 0 spiro atoms. The van der Waals surface area contributed by atoms with E-state index < -0.39 is 0 Å². The van der Waals surface area contributed by atoms with E-state index in [4.69, 9.17) is 4.74 Å². The second-order valence-electron chi connectivity index (χ2n) is 5.44. The van der Waals surface area contributed by atoms with Gasteiger partial charge in [-0.25, -0.2) is 4.98 Å². The first-order chi connectivity index (χ1) is 9.56. The summed E-state index contributed by atoms with van der Waals surface area (Å²) >= 11 is 1.52. The maximum atomic E-state index is 12.6. The molecule has 0 saturated carbocycles. The van der Waals surface area contributed by atoms with Crippen LogP contribution in [0.4, 0.5) is 0 Å². The highest BCUT2D eigenvalue weighted by Crippen LogP contribution is 2.16. The topological polar surface area (TPSA) is 45.7 Å². The van der Waals surface area contributed by atoms with E-state index >= 15 is 0 Å². The minimum absolute atomic E-state index is 0.0201. The minimum atomic E-state index is 0.0201. The molecule has 0 aromatic carbocycles. The summed E-state index contributed by atoms with van der Waals surface area (Å²) < 4.78 is 5.66. The maximum Gasteiger partial charge on any atom is 0.273 e. The summed E-state index contributed by atoms with van der Waals surface area (Å²) in [5, 5.41) is 2.77. The molecule has 1 aliphatic heterocycles. The monoisotopic (exact) mass is 297 g/mol. The first-order valence-corrected chi connectivity index (χ1v) is 7.92. The van der Waals surface area contributed by atoms with Gasteiger partial charge in [0.2, 0.25) is 0 Å². The summed E-state index contributed by atoms with van der Waals surface area (Å²) in [5.41, 5.74) is 0.559. The van der Waals surface area contributed by atoms with E-state index in [9.17, 15) is 4.79 Å². The van der Waals surface area contributed by atoms with E-state index in [0.717, 1.165) is 31.0 Å². The van der Waals surface area contributed by atoms with Gasteiger partial charge < -0.3 is 14.5 Å². The highest BCUT2D eigenvalue weighted by atomic mass is 32.1. The van der Waals surface area contributed by atoms with Crippen molar-refractivity contribution >= 4 is 17.2 Å². The van der Waals surface area contributed by atoms with Gasteiger partial charge in [0.1, 0.15) is 5.69 Å². The first-order valence-electron chi connectivity index (χ1n) is 7.04. The summed E-state index contributed by atoms with van der Waals surface area (Å²) in [6, 6.07) is 0. The van der Waals surface area contributed by atoms with Gasteiger partial charge in [0.05, 0.1) is 11.1 Å². The third-order valence-corrected chi connectivity index (χ3v) is 4.16. The fraction of sp³-hybridized carbons (Fsp3) is 0.714. The van der Waals surface area contributed by atoms with Crippen LogP contribution in [0.5, 0.6) is 0 Å². The number of carbonyl (C=O) groups excluding carboxylic acids is 1. The Morgan fingerprint density at radius 2 is 2.30 bits per heavy atom. The molecule has 1 saturated heterocycles. The highest BCUT2D eigenvalue weighted by Gasteiger charge is 2.24. The summed E-state index contributed by atoms with van der Waals surface area (Å²) in [6.45, 7) is 4.97. The molecule has 1 amide bonds. The van der Waals surface area contributed by atoms with Crippen molar-refractivity contribution in [3.8, 4) is 0 Å². The Kier molecular flexibility index (Phi) is 5.51. The molecule has 0 radical (unpaired) electrons. The molecule has 1 fully saturated rings. The fourth-order valence-electron chi connectivity index (χ4n) is 2.25. The van der Waals surface area contributed by atoms with Crippen molar-refractivity contribution < 1.29 is 9.53 Å². The predicted molar refractivity (Wildman–Crippen MR) is 80.3 cm³/mol. The lowest BCUT2D eigenvalue weighted by atomic mass is 10.2. The van der Waals surface area contributed by atoms with E-state index in [1.807, 2.05) is 31.3 Å². The second-order valence-corrected chi connectivity index (χ2v) is 6.50. The molecule has 1 atom stereocenters. The molecule has 2 rings (SSSR count). The van der Waals surface area contributed by atoms with E-state index in [-0.39, 0.29) is 12.0 Å². The van der Waals surface area contributed by atoms with Crippen molar-refractivity contribution in [1.82, 2.24) is 14.8 Å². The quantitative estimate of drug-likeness (QED) is 0.801. The molecular formula is C14H23N3O2S. The number of aryl methyl sites for hydroxylation is 1. The lowest BCUT2D eigenvalue weighted by Crippen LogP contribution is -2.41. The molecule has 0 bridgehead atoms. The predicted octanol–water partition coefficient (Wildman–Crippen LogP) is 1.63. The lowest BCUT2D eigenvalue weighted by Gasteiger charge is -2.26. The molecule has 0 N–H and O–H groups in total. The fourth-order valence-corrected chi connectivity index (χ4v) is 2.84. The molecule has 1 aliphatic rings. The van der Waals surface area contributed by atoms with E-state index in [1.54, 1.807) is 0 Å². The molecule has 0 aliphatic carbocycles. The average Bonchev–Trinajstić information content (AvgIpc) is 3.04. The molecular weight excluding hydrogens is 274 g/mol. The van der Waals surface area contributed by atoms with Crippen LogP contribution in [0.25, 0.3) is 0 Å². The number of hydrogen-bond donors (Lipinski definition) is 0. The van der Waals surface area contributed by atoms with Crippen LogP contribution in [0.3, 0.4) is 0 Å². The zero-order valence-corrected chi connectivity index (χ0v) is 13.3. The molecule has 112 valence electrons. The lowest BCUT2D eigenvalue weighted by molar-refractivity contribution is 0.0508. The van der Waals surface area contributed by atoms with Gasteiger partial charge >= 0.3 is 0 Å². The van der Waals surface area contributed by atoms with Gasteiger partial charge in [-0.15, -0.1) is 11.3 Å². The molecule has 20 heavy (non-hydrogen) atoms. The van der Waals surface area contributed by atoms with Crippen LogP contribution < -0.4 is 0 Å². The highest BCUT2D eigenvalue weighted by molar-refractivity contribution is 7.09. The second kappa shape index (κ2) is 7.15. The Balaban J connectivity index is 2.01. The van der Waals surface area contributed by atoms with Gasteiger partial charge in [-0.3, -0.25) is 4.79 Å². The smallest absolute Gasteiger partial charge is 0.273 e. The number of aromatic nitrogens is 1. The number of ether oxygens (including phenoxy) is 1. The first kappa shape index (κ1) is 15.4. The molecule has 1 aromatic heterocycles. The molecule has 5 nitrogen and oxygen atoms in total. The average molecular weight is 297 g/mol. The Morgan fingerprint density at radius 1 is 1.50 bits per heavy atom. The van der Waals surface area contributed by atoms with Crippen molar-refractivity contribution in [2.45, 2.75) is 25.9 Å². The number of thiazole rings is 1. The number of amides is 1. The van der Waals surface area contributed by atoms with Gasteiger partial charge in [0.15, 0.2) is 0 Å². The Bertz CT molecular complexity index is 441. The third-order valence-electron chi connectivity index (χ3n) is 3.39. The summed E-state index contributed by atoms with van der Waals surface area (Å²) in [6.07, 6.45) is 2.32. The zero-order chi connectivity index (χ0) is 14.5. The summed E-state index contributed by atoms with van der Waals surface area (Å²) in [7, 11) is 4.03. The van der Waals surface area contributed by atoms with Gasteiger partial charge in [-0.1, -0.05) is 0 Å². The van der Waals surface area contributed by atoms with E-state index in [2.05, 4.69) is 9.88 Å². The molecule has 6 heteroatoms. The number of rotatable bonds is 6. The maximum absolute atomic E-state index is 12.6. The number of likely N-dealkylation sites (N-methyl/N-ethyl adjacent to an activating group) is 1. The number of nitrogens with zero attached hydrogens (tertiary/aromatic N) is 3. The van der Waals surface area contributed by atoms with Gasteiger partial charge in [0, 0.05) is 31.6 Å². The van der Waals surface area contributed by atoms with Crippen LogP contribution in [0.15, 0.2) is 5.38 Å². The largest absolute Gasteiger partial charge is 0.376 e. The Hall–Kier alpha value is -0.980. The van der Waals surface area contributed by atoms with Crippen LogP contribution in [0, 0.1) is 6.92 Å². The Morgan fingerprint density at radius 3 is 2.85 bits per heavy atom. The summed E-state index contributed by atoms with van der Waals surface area (Å²) in [5.74, 6) is 0.0201. The third kappa shape index (κ3) is 4.26. The Labute approximate surface area is 124 Å². The SMILES string of the molecule is Cc1nc(C(=O)N(CCN(C)C)CC2CCCO2)cs1. The van der Waals surface area contributed by atoms with Crippen molar-refractivity contribution in [3.05, 3.63) is 16.1 Å². The van der Waals surface area contributed by atoms with Crippen LogP contribution >= 0.6 is 11.3 Å². The standard InChI is InChI=1S/C14H23N3O2S/c1-11-15-13(10-20-11)14(18)17(7-6-16(2)3)9-12-5-4-8-19-12/h10,12H,4-9H2,1-3H3. The van der Waals surface area contributed by atoms with Crippen molar-refractivity contribution in [2.75, 3.05) is 40.3 Å². The summed E-state index contributed by atoms with van der Waals surface area (Å²) in [4.78, 5) is 20.8. The number of carbonyl (C=O) groups is 1. The molecule has 1 aromatic rings. The minimum Gasteiger partial charge on any atom is -0.376 e. The van der Waals surface area contributed by atoms with E-state index in [1.165, 1.54) is 11.3 Å². The van der Waals surface area contributed by atoms with Gasteiger partial charge in [-0.2, -0.15) is 0 Å². The van der Waals surface area contributed by atoms with Crippen molar-refractivity contribution in [3.63, 3.8) is 0 Å². The zero-order valence-electron chi connectivity index (χ0n) is 12.5.